The van der Waals surface area contributed by atoms with Crippen molar-refractivity contribution in [2.45, 2.75) is 65.1 Å². The summed E-state index contributed by atoms with van der Waals surface area (Å²) in [5.41, 5.74) is 3.55. The van der Waals surface area contributed by atoms with Crippen molar-refractivity contribution in [3.8, 4) is 0 Å². The maximum absolute atomic E-state index is 5.31. The SMILES string of the molecule is CN=C(NCC(C)c1c(C)noc1C)NC1CCN(Cc2ccccc2)C(C)C1. The molecule has 0 bridgehead atoms. The minimum Gasteiger partial charge on any atom is -0.361 e. The average Bonchev–Trinajstić information content (AvgIpc) is 3.06. The molecule has 6 nitrogen and oxygen atoms in total. The van der Waals surface area contributed by atoms with Crippen LogP contribution < -0.4 is 10.6 Å². The summed E-state index contributed by atoms with van der Waals surface area (Å²) in [4.78, 5) is 7.01. The molecule has 6 heteroatoms. The fourth-order valence-corrected chi connectivity index (χ4v) is 4.34. The third kappa shape index (κ3) is 5.60. The van der Waals surface area contributed by atoms with Crippen molar-refractivity contribution in [1.82, 2.24) is 20.7 Å². The van der Waals surface area contributed by atoms with Crippen LogP contribution in [0.3, 0.4) is 0 Å². The zero-order chi connectivity index (χ0) is 20.8. The summed E-state index contributed by atoms with van der Waals surface area (Å²) in [6.45, 7) is 11.4. The van der Waals surface area contributed by atoms with Crippen LogP contribution >= 0.6 is 0 Å². The Morgan fingerprint density at radius 1 is 1.31 bits per heavy atom. The van der Waals surface area contributed by atoms with E-state index in [9.17, 15) is 0 Å². The summed E-state index contributed by atoms with van der Waals surface area (Å²) < 4.78 is 5.31. The molecule has 0 radical (unpaired) electrons. The molecule has 2 heterocycles. The second kappa shape index (κ2) is 9.92. The van der Waals surface area contributed by atoms with E-state index in [2.05, 4.69) is 69.9 Å². The Balaban J connectivity index is 1.48. The maximum Gasteiger partial charge on any atom is 0.191 e. The number of benzene rings is 1. The van der Waals surface area contributed by atoms with Gasteiger partial charge in [-0.25, -0.2) is 0 Å². The number of aliphatic imine (C=N–C) groups is 1. The van der Waals surface area contributed by atoms with Crippen molar-refractivity contribution < 1.29 is 4.52 Å². The fourth-order valence-electron chi connectivity index (χ4n) is 4.34. The third-order valence-corrected chi connectivity index (χ3v) is 5.96. The van der Waals surface area contributed by atoms with E-state index in [0.29, 0.717) is 18.0 Å². The highest BCUT2D eigenvalue weighted by Gasteiger charge is 2.26. The van der Waals surface area contributed by atoms with Gasteiger partial charge in [0.2, 0.25) is 0 Å². The first-order chi connectivity index (χ1) is 14.0. The van der Waals surface area contributed by atoms with E-state index in [4.69, 9.17) is 4.52 Å². The van der Waals surface area contributed by atoms with Crippen molar-refractivity contribution in [1.29, 1.82) is 0 Å². The Labute approximate surface area is 174 Å². The minimum absolute atomic E-state index is 0.312. The number of hydrogen-bond donors (Lipinski definition) is 2. The lowest BCUT2D eigenvalue weighted by Crippen LogP contribution is -2.51. The Bertz CT molecular complexity index is 781. The van der Waals surface area contributed by atoms with Gasteiger partial charge in [-0.15, -0.1) is 0 Å². The maximum atomic E-state index is 5.31. The molecule has 1 saturated heterocycles. The van der Waals surface area contributed by atoms with Gasteiger partial charge in [-0.05, 0) is 39.2 Å². The summed E-state index contributed by atoms with van der Waals surface area (Å²) in [6, 6.07) is 11.7. The Hall–Kier alpha value is -2.34. The van der Waals surface area contributed by atoms with Gasteiger partial charge >= 0.3 is 0 Å². The van der Waals surface area contributed by atoms with Gasteiger partial charge in [0, 0.05) is 50.2 Å². The second-order valence-electron chi connectivity index (χ2n) is 8.26. The summed E-state index contributed by atoms with van der Waals surface area (Å²) in [7, 11) is 1.84. The smallest absolute Gasteiger partial charge is 0.191 e. The van der Waals surface area contributed by atoms with Crippen molar-refractivity contribution in [3.05, 3.63) is 52.9 Å². The lowest BCUT2D eigenvalue weighted by Gasteiger charge is -2.38. The van der Waals surface area contributed by atoms with Crippen LogP contribution in [-0.4, -0.2) is 48.2 Å². The van der Waals surface area contributed by atoms with Crippen molar-refractivity contribution in [2.75, 3.05) is 20.1 Å². The van der Waals surface area contributed by atoms with E-state index in [0.717, 1.165) is 49.9 Å². The molecular weight excluding hydrogens is 362 g/mol. The Kier molecular flexibility index (Phi) is 7.31. The van der Waals surface area contributed by atoms with E-state index in [-0.39, 0.29) is 0 Å². The minimum atomic E-state index is 0.312. The van der Waals surface area contributed by atoms with Crippen molar-refractivity contribution in [3.63, 3.8) is 0 Å². The standard InChI is InChI=1S/C23H35N5O/c1-16(22-18(3)27-29-19(22)4)14-25-23(24-5)26-21-11-12-28(17(2)13-21)15-20-9-7-6-8-10-20/h6-10,16-17,21H,11-15H2,1-5H3,(H2,24,25,26). The van der Waals surface area contributed by atoms with E-state index >= 15 is 0 Å². The third-order valence-electron chi connectivity index (χ3n) is 5.96. The van der Waals surface area contributed by atoms with Crippen LogP contribution in [0, 0.1) is 13.8 Å². The highest BCUT2D eigenvalue weighted by Crippen LogP contribution is 2.22. The topological polar surface area (TPSA) is 65.7 Å². The van der Waals surface area contributed by atoms with Crippen LogP contribution in [-0.2, 0) is 6.54 Å². The number of likely N-dealkylation sites (tertiary alicyclic amines) is 1. The molecule has 1 aromatic carbocycles. The molecule has 1 aromatic heterocycles. The molecule has 0 spiro atoms. The molecule has 0 aliphatic carbocycles. The zero-order valence-electron chi connectivity index (χ0n) is 18.4. The van der Waals surface area contributed by atoms with Gasteiger partial charge < -0.3 is 15.2 Å². The van der Waals surface area contributed by atoms with Crippen molar-refractivity contribution >= 4 is 5.96 Å². The van der Waals surface area contributed by atoms with Crippen LogP contribution in [0.15, 0.2) is 39.8 Å². The van der Waals surface area contributed by atoms with Gasteiger partial charge in [-0.2, -0.15) is 0 Å². The predicted octanol–water partition coefficient (Wildman–Crippen LogP) is 3.61. The van der Waals surface area contributed by atoms with Crippen LogP contribution in [0.1, 0.15) is 55.2 Å². The number of guanidine groups is 1. The monoisotopic (exact) mass is 397 g/mol. The van der Waals surface area contributed by atoms with Crippen LogP contribution in [0.5, 0.6) is 0 Å². The van der Waals surface area contributed by atoms with Gasteiger partial charge in [0.15, 0.2) is 5.96 Å². The molecule has 1 aliphatic heterocycles. The summed E-state index contributed by atoms with van der Waals surface area (Å²) in [5.74, 6) is 2.09. The van der Waals surface area contributed by atoms with E-state index < -0.39 is 0 Å². The highest BCUT2D eigenvalue weighted by molar-refractivity contribution is 5.80. The number of aryl methyl sites for hydroxylation is 2. The summed E-state index contributed by atoms with van der Waals surface area (Å²) in [6.07, 6.45) is 2.24. The number of hydrogen-bond acceptors (Lipinski definition) is 4. The number of nitrogens with one attached hydrogen (secondary N) is 2. The van der Waals surface area contributed by atoms with Gasteiger partial charge in [0.25, 0.3) is 0 Å². The summed E-state index contributed by atoms with van der Waals surface area (Å²) >= 11 is 0. The van der Waals surface area contributed by atoms with Crippen LogP contribution in [0.4, 0.5) is 0 Å². The predicted molar refractivity (Wildman–Crippen MR) is 118 cm³/mol. The molecule has 0 amide bonds. The summed E-state index contributed by atoms with van der Waals surface area (Å²) in [5, 5.41) is 11.2. The molecule has 2 aromatic rings. The zero-order valence-corrected chi connectivity index (χ0v) is 18.4. The Morgan fingerprint density at radius 2 is 2.07 bits per heavy atom. The molecule has 158 valence electrons. The second-order valence-corrected chi connectivity index (χ2v) is 8.26. The first kappa shape index (κ1) is 21.4. The number of rotatable bonds is 6. The molecule has 2 N–H and O–H groups in total. The van der Waals surface area contributed by atoms with Gasteiger partial charge in [-0.1, -0.05) is 42.4 Å². The largest absolute Gasteiger partial charge is 0.361 e. The molecular formula is C23H35N5O. The Morgan fingerprint density at radius 3 is 2.69 bits per heavy atom. The van der Waals surface area contributed by atoms with Crippen LogP contribution in [0.25, 0.3) is 0 Å². The van der Waals surface area contributed by atoms with E-state index in [1.807, 2.05) is 20.9 Å². The first-order valence-electron chi connectivity index (χ1n) is 10.7. The van der Waals surface area contributed by atoms with Gasteiger partial charge in [-0.3, -0.25) is 9.89 Å². The highest BCUT2D eigenvalue weighted by atomic mass is 16.5. The molecule has 3 atom stereocenters. The van der Waals surface area contributed by atoms with E-state index in [1.165, 1.54) is 11.1 Å². The fraction of sp³-hybridized carbons (Fsp3) is 0.565. The molecule has 3 unspecified atom stereocenters. The quantitative estimate of drug-likeness (QED) is 0.576. The lowest BCUT2D eigenvalue weighted by molar-refractivity contribution is 0.134. The number of piperidine rings is 1. The first-order valence-corrected chi connectivity index (χ1v) is 10.7. The number of nitrogens with zero attached hydrogens (tertiary/aromatic N) is 3. The van der Waals surface area contributed by atoms with E-state index in [1.54, 1.807) is 0 Å². The molecule has 1 fully saturated rings. The average molecular weight is 398 g/mol. The van der Waals surface area contributed by atoms with Gasteiger partial charge in [0.1, 0.15) is 5.76 Å². The molecule has 1 aliphatic rings. The normalized spacial score (nSPS) is 21.8. The van der Waals surface area contributed by atoms with Crippen molar-refractivity contribution in [2.24, 2.45) is 4.99 Å². The number of aromatic nitrogens is 1. The van der Waals surface area contributed by atoms with Crippen LogP contribution in [0.2, 0.25) is 0 Å². The molecule has 0 saturated carbocycles. The lowest BCUT2D eigenvalue weighted by atomic mass is 9.97. The molecule has 3 rings (SSSR count). The van der Waals surface area contributed by atoms with Gasteiger partial charge in [0.05, 0.1) is 5.69 Å². The molecule has 29 heavy (non-hydrogen) atoms.